The Labute approximate surface area is 164 Å². The molecule has 2 aromatic rings. The summed E-state index contributed by atoms with van der Waals surface area (Å²) in [6.07, 6.45) is 3.43. The Bertz CT molecular complexity index is 1030. The number of carbonyl (C=O) groups excluding carboxylic acids is 5. The summed E-state index contributed by atoms with van der Waals surface area (Å²) in [5, 5.41) is 12.2. The molecular formula is C18H16N6O5. The van der Waals surface area contributed by atoms with E-state index in [1.54, 1.807) is 6.20 Å². The van der Waals surface area contributed by atoms with Gasteiger partial charge in [-0.25, -0.2) is 0 Å². The van der Waals surface area contributed by atoms with Crippen molar-refractivity contribution in [3.05, 3.63) is 41.7 Å². The fraction of sp³-hybridized carbons (Fsp3) is 0.278. The molecule has 4 rings (SSSR count). The quantitative estimate of drug-likeness (QED) is 0.661. The summed E-state index contributed by atoms with van der Waals surface area (Å²) in [5.41, 5.74) is 0.618. The van der Waals surface area contributed by atoms with E-state index in [4.69, 9.17) is 0 Å². The van der Waals surface area contributed by atoms with E-state index in [9.17, 15) is 24.0 Å². The number of anilines is 1. The average Bonchev–Trinajstić information content (AvgIpc) is 3.29. The molecule has 1 saturated heterocycles. The zero-order chi connectivity index (χ0) is 20.5. The first kappa shape index (κ1) is 18.5. The molecule has 29 heavy (non-hydrogen) atoms. The number of imide groups is 2. The molecule has 1 unspecified atom stereocenters. The molecule has 1 atom stereocenters. The largest absolute Gasteiger partial charge is 0.326 e. The monoisotopic (exact) mass is 396 g/mol. The zero-order valence-corrected chi connectivity index (χ0v) is 15.1. The van der Waals surface area contributed by atoms with Gasteiger partial charge in [0.2, 0.25) is 17.7 Å². The summed E-state index contributed by atoms with van der Waals surface area (Å²) in [5.74, 6) is -2.61. The van der Waals surface area contributed by atoms with Gasteiger partial charge < -0.3 is 5.32 Å². The Morgan fingerprint density at radius 2 is 1.97 bits per heavy atom. The maximum Gasteiger partial charge on any atom is 0.262 e. The number of hydrogen-bond donors (Lipinski definition) is 2. The molecule has 2 N–H and O–H groups in total. The molecule has 0 saturated carbocycles. The maximum absolute atomic E-state index is 12.8. The number of amides is 5. The van der Waals surface area contributed by atoms with Crippen molar-refractivity contribution in [2.24, 2.45) is 0 Å². The molecule has 1 aromatic carbocycles. The number of nitrogens with one attached hydrogen (secondary N) is 2. The molecule has 1 aromatic heterocycles. The van der Waals surface area contributed by atoms with E-state index < -0.39 is 29.7 Å². The van der Waals surface area contributed by atoms with Crippen molar-refractivity contribution < 1.29 is 24.0 Å². The molecule has 11 heteroatoms. The zero-order valence-electron chi connectivity index (χ0n) is 15.1. The number of nitrogens with zero attached hydrogens (tertiary/aromatic N) is 4. The third kappa shape index (κ3) is 3.49. The molecule has 148 valence electrons. The molecule has 3 heterocycles. The Morgan fingerprint density at radius 3 is 2.69 bits per heavy atom. The van der Waals surface area contributed by atoms with Crippen LogP contribution < -0.4 is 10.6 Å². The van der Waals surface area contributed by atoms with E-state index in [1.807, 2.05) is 0 Å². The second-order valence-corrected chi connectivity index (χ2v) is 6.67. The van der Waals surface area contributed by atoms with Crippen LogP contribution in [-0.2, 0) is 20.9 Å². The highest BCUT2D eigenvalue weighted by atomic mass is 16.2. The van der Waals surface area contributed by atoms with Gasteiger partial charge in [-0.05, 0) is 24.6 Å². The lowest BCUT2D eigenvalue weighted by molar-refractivity contribution is -0.136. The van der Waals surface area contributed by atoms with E-state index >= 15 is 0 Å². The molecule has 1 fully saturated rings. The summed E-state index contributed by atoms with van der Waals surface area (Å²) >= 11 is 0. The number of aromatic nitrogens is 3. The predicted octanol–water partition coefficient (Wildman–Crippen LogP) is -0.292. The van der Waals surface area contributed by atoms with E-state index in [0.29, 0.717) is 12.2 Å². The van der Waals surface area contributed by atoms with Crippen molar-refractivity contribution in [3.8, 4) is 0 Å². The summed E-state index contributed by atoms with van der Waals surface area (Å²) in [7, 11) is 0. The van der Waals surface area contributed by atoms with Crippen molar-refractivity contribution in [2.75, 3.05) is 5.32 Å². The van der Waals surface area contributed by atoms with Gasteiger partial charge in [0.25, 0.3) is 11.8 Å². The maximum atomic E-state index is 12.8. The molecule has 2 aliphatic heterocycles. The lowest BCUT2D eigenvalue weighted by Gasteiger charge is -2.27. The van der Waals surface area contributed by atoms with Crippen LogP contribution in [0.2, 0.25) is 0 Å². The number of rotatable bonds is 5. The molecule has 0 bridgehead atoms. The van der Waals surface area contributed by atoms with Gasteiger partial charge in [-0.2, -0.15) is 0 Å². The van der Waals surface area contributed by atoms with Crippen LogP contribution in [-0.4, -0.2) is 55.5 Å². The molecule has 0 radical (unpaired) electrons. The van der Waals surface area contributed by atoms with Crippen molar-refractivity contribution >= 4 is 35.2 Å². The van der Waals surface area contributed by atoms with Gasteiger partial charge in [0.05, 0.1) is 23.9 Å². The highest BCUT2D eigenvalue weighted by Gasteiger charge is 2.44. The van der Waals surface area contributed by atoms with Crippen LogP contribution in [0.5, 0.6) is 0 Å². The van der Waals surface area contributed by atoms with Gasteiger partial charge in [0, 0.05) is 24.7 Å². The first-order valence-corrected chi connectivity index (χ1v) is 8.93. The van der Waals surface area contributed by atoms with Crippen LogP contribution in [0, 0.1) is 0 Å². The summed E-state index contributed by atoms with van der Waals surface area (Å²) in [4.78, 5) is 61.8. The molecule has 0 spiro atoms. The minimum Gasteiger partial charge on any atom is -0.326 e. The third-order valence-corrected chi connectivity index (χ3v) is 4.76. The van der Waals surface area contributed by atoms with E-state index in [1.165, 1.54) is 29.1 Å². The SMILES string of the molecule is O=C1CCC(N2C(=O)c3ccc(NC(=O)CCn4ccnn4)cc3C2=O)C(=O)N1. The lowest BCUT2D eigenvalue weighted by atomic mass is 10.0. The summed E-state index contributed by atoms with van der Waals surface area (Å²) in [6.45, 7) is 0.345. The predicted molar refractivity (Wildman–Crippen MR) is 96.4 cm³/mol. The van der Waals surface area contributed by atoms with Crippen molar-refractivity contribution in [3.63, 3.8) is 0 Å². The van der Waals surface area contributed by atoms with Crippen molar-refractivity contribution in [1.29, 1.82) is 0 Å². The normalized spacial score (nSPS) is 18.6. The molecular weight excluding hydrogens is 380 g/mol. The molecule has 0 aliphatic carbocycles. The Balaban J connectivity index is 1.47. The lowest BCUT2D eigenvalue weighted by Crippen LogP contribution is -2.54. The number of hydrogen-bond acceptors (Lipinski definition) is 7. The molecule has 2 aliphatic rings. The highest BCUT2D eigenvalue weighted by molar-refractivity contribution is 6.23. The molecule has 5 amide bonds. The fourth-order valence-corrected chi connectivity index (χ4v) is 3.34. The number of aryl methyl sites for hydroxylation is 1. The highest BCUT2D eigenvalue weighted by Crippen LogP contribution is 2.29. The van der Waals surface area contributed by atoms with E-state index in [2.05, 4.69) is 20.9 Å². The minimum absolute atomic E-state index is 0.0525. The third-order valence-electron chi connectivity index (χ3n) is 4.76. The van der Waals surface area contributed by atoms with E-state index in [0.717, 1.165) is 4.90 Å². The molecule has 11 nitrogen and oxygen atoms in total. The average molecular weight is 396 g/mol. The van der Waals surface area contributed by atoms with Crippen LogP contribution in [0.3, 0.4) is 0 Å². The van der Waals surface area contributed by atoms with Crippen LogP contribution in [0.15, 0.2) is 30.6 Å². The van der Waals surface area contributed by atoms with Crippen LogP contribution in [0.25, 0.3) is 0 Å². The minimum atomic E-state index is -1.03. The second-order valence-electron chi connectivity index (χ2n) is 6.67. The summed E-state index contributed by atoms with van der Waals surface area (Å²) in [6, 6.07) is 3.34. The smallest absolute Gasteiger partial charge is 0.262 e. The van der Waals surface area contributed by atoms with Gasteiger partial charge in [-0.1, -0.05) is 5.21 Å². The fourth-order valence-electron chi connectivity index (χ4n) is 3.34. The van der Waals surface area contributed by atoms with Crippen LogP contribution >= 0.6 is 0 Å². The second kappa shape index (κ2) is 7.26. The Morgan fingerprint density at radius 1 is 1.17 bits per heavy atom. The number of benzene rings is 1. The number of fused-ring (bicyclic) bond motifs is 1. The van der Waals surface area contributed by atoms with Gasteiger partial charge in [-0.15, -0.1) is 5.10 Å². The number of piperidine rings is 1. The van der Waals surface area contributed by atoms with Gasteiger partial charge in [0.15, 0.2) is 0 Å². The first-order valence-electron chi connectivity index (χ1n) is 8.93. The first-order chi connectivity index (χ1) is 13.9. The number of carbonyl (C=O) groups is 5. The van der Waals surface area contributed by atoms with Gasteiger partial charge >= 0.3 is 0 Å². The van der Waals surface area contributed by atoms with Crippen molar-refractivity contribution in [1.82, 2.24) is 25.2 Å². The van der Waals surface area contributed by atoms with Gasteiger partial charge in [-0.3, -0.25) is 38.9 Å². The van der Waals surface area contributed by atoms with E-state index in [-0.39, 0.29) is 36.3 Å². The Kier molecular flexibility index (Phi) is 4.63. The standard InChI is InChI=1S/C18H16N6O5/c25-14-4-3-13(16(27)21-14)24-17(28)11-2-1-10(9-12(11)18(24)29)20-15(26)5-7-23-8-6-19-22-23/h1-2,6,8-9,13H,3-5,7H2,(H,20,26)(H,21,25,27). The van der Waals surface area contributed by atoms with Crippen LogP contribution in [0.1, 0.15) is 40.0 Å². The summed E-state index contributed by atoms with van der Waals surface area (Å²) < 4.78 is 1.52. The topological polar surface area (TPSA) is 143 Å². The van der Waals surface area contributed by atoms with Gasteiger partial charge in [0.1, 0.15) is 6.04 Å². The Hall–Kier alpha value is -3.89. The van der Waals surface area contributed by atoms with Crippen molar-refractivity contribution in [2.45, 2.75) is 31.8 Å². The van der Waals surface area contributed by atoms with Crippen LogP contribution in [0.4, 0.5) is 5.69 Å².